The first-order valence-electron chi connectivity index (χ1n) is 7.05. The summed E-state index contributed by atoms with van der Waals surface area (Å²) in [7, 11) is 1.98. The quantitative estimate of drug-likeness (QED) is 0.911. The zero-order valence-corrected chi connectivity index (χ0v) is 12.6. The molecule has 2 aromatic carbocycles. The maximum Gasteiger partial charge on any atom is 0.142 e. The van der Waals surface area contributed by atoms with Gasteiger partial charge in [0.25, 0.3) is 0 Å². The second-order valence-electron chi connectivity index (χ2n) is 5.24. The molecule has 0 fully saturated rings. The van der Waals surface area contributed by atoms with Crippen LogP contribution in [0.2, 0.25) is 5.02 Å². The Morgan fingerprint density at radius 2 is 2.19 bits per heavy atom. The molecule has 1 N–H and O–H groups in total. The molecule has 0 aromatic heterocycles. The Labute approximate surface area is 128 Å². The summed E-state index contributed by atoms with van der Waals surface area (Å²) in [5.41, 5.74) is 3.32. The minimum atomic E-state index is -0.413. The molecular weight excluding hydrogens is 289 g/mol. The van der Waals surface area contributed by atoms with Gasteiger partial charge in [0.2, 0.25) is 0 Å². The fourth-order valence-electron chi connectivity index (χ4n) is 2.80. The van der Waals surface area contributed by atoms with Crippen LogP contribution < -0.4 is 10.1 Å². The van der Waals surface area contributed by atoms with Crippen LogP contribution in [0, 0.1) is 5.82 Å². The van der Waals surface area contributed by atoms with Crippen molar-refractivity contribution in [3.8, 4) is 5.75 Å². The molecule has 0 amide bonds. The highest BCUT2D eigenvalue weighted by atomic mass is 35.5. The molecule has 21 heavy (non-hydrogen) atoms. The Kier molecular flexibility index (Phi) is 4.13. The van der Waals surface area contributed by atoms with Crippen LogP contribution in [-0.4, -0.2) is 7.05 Å². The lowest BCUT2D eigenvalue weighted by Crippen LogP contribution is -2.12. The van der Waals surface area contributed by atoms with Crippen LogP contribution in [0.3, 0.4) is 0 Å². The monoisotopic (exact) mass is 305 g/mol. The largest absolute Gasteiger partial charge is 0.489 e. The van der Waals surface area contributed by atoms with Crippen molar-refractivity contribution in [3.05, 3.63) is 63.9 Å². The summed E-state index contributed by atoms with van der Waals surface area (Å²) in [4.78, 5) is 0. The molecule has 0 bridgehead atoms. The molecule has 0 spiro atoms. The summed E-state index contributed by atoms with van der Waals surface area (Å²) in [6.07, 6.45) is 2.17. The highest BCUT2D eigenvalue weighted by Gasteiger charge is 2.21. The van der Waals surface area contributed by atoms with E-state index in [4.69, 9.17) is 16.3 Å². The van der Waals surface area contributed by atoms with Crippen molar-refractivity contribution in [2.45, 2.75) is 25.5 Å². The number of hydrogen-bond donors (Lipinski definition) is 1. The number of benzene rings is 2. The molecule has 0 radical (unpaired) electrons. The van der Waals surface area contributed by atoms with Gasteiger partial charge >= 0.3 is 0 Å². The van der Waals surface area contributed by atoms with Gasteiger partial charge in [-0.25, -0.2) is 4.39 Å². The van der Waals surface area contributed by atoms with Gasteiger partial charge in [0, 0.05) is 11.6 Å². The van der Waals surface area contributed by atoms with Gasteiger partial charge in [-0.05, 0) is 49.2 Å². The molecule has 0 aliphatic heterocycles. The van der Waals surface area contributed by atoms with Gasteiger partial charge in [0.15, 0.2) is 0 Å². The molecule has 4 heteroatoms. The predicted molar refractivity (Wildman–Crippen MR) is 82.3 cm³/mol. The second kappa shape index (κ2) is 6.04. The lowest BCUT2D eigenvalue weighted by molar-refractivity contribution is 0.305. The average molecular weight is 306 g/mol. The van der Waals surface area contributed by atoms with E-state index in [1.54, 1.807) is 12.1 Å². The van der Waals surface area contributed by atoms with Gasteiger partial charge in [0.05, 0.1) is 5.02 Å². The van der Waals surface area contributed by atoms with Gasteiger partial charge < -0.3 is 10.1 Å². The summed E-state index contributed by atoms with van der Waals surface area (Å²) >= 11 is 5.93. The van der Waals surface area contributed by atoms with Crippen molar-refractivity contribution in [2.24, 2.45) is 0 Å². The Bertz CT molecular complexity index is 659. The summed E-state index contributed by atoms with van der Waals surface area (Å²) in [5, 5.41) is 3.44. The highest BCUT2D eigenvalue weighted by molar-refractivity contribution is 6.31. The minimum Gasteiger partial charge on any atom is -0.489 e. The molecular formula is C17H17ClFNO. The van der Waals surface area contributed by atoms with E-state index in [1.165, 1.54) is 17.2 Å². The standard InChI is InChI=1S/C17H17ClFNO/c1-20-16-8-5-11-9-13(6-7-14(11)16)21-10-12-3-2-4-15(19)17(12)18/h2-4,6-7,9,16,20H,5,8,10H2,1H3. The minimum absolute atomic E-state index is 0.133. The van der Waals surface area contributed by atoms with Crippen LogP contribution in [0.1, 0.15) is 29.2 Å². The third-order valence-corrected chi connectivity index (χ3v) is 4.39. The number of fused-ring (bicyclic) bond motifs is 1. The van der Waals surface area contributed by atoms with Gasteiger partial charge in [-0.15, -0.1) is 0 Å². The number of nitrogens with one attached hydrogen (secondary N) is 1. The zero-order chi connectivity index (χ0) is 14.8. The molecule has 1 aliphatic carbocycles. The molecule has 1 aliphatic rings. The van der Waals surface area contributed by atoms with Crippen LogP contribution in [-0.2, 0) is 13.0 Å². The molecule has 1 atom stereocenters. The molecule has 0 saturated heterocycles. The van der Waals surface area contributed by atoms with Crippen molar-refractivity contribution < 1.29 is 9.13 Å². The second-order valence-corrected chi connectivity index (χ2v) is 5.62. The lowest BCUT2D eigenvalue weighted by Gasteiger charge is -2.12. The van der Waals surface area contributed by atoms with Gasteiger partial charge in [0.1, 0.15) is 18.2 Å². The van der Waals surface area contributed by atoms with Gasteiger partial charge in [-0.3, -0.25) is 0 Å². The Hall–Kier alpha value is -1.58. The van der Waals surface area contributed by atoms with E-state index in [1.807, 2.05) is 13.1 Å². The SMILES string of the molecule is CNC1CCc2cc(OCc3cccc(F)c3Cl)ccc21. The van der Waals surface area contributed by atoms with Crippen molar-refractivity contribution in [1.29, 1.82) is 0 Å². The van der Waals surface area contributed by atoms with Crippen LogP contribution in [0.5, 0.6) is 5.75 Å². The van der Waals surface area contributed by atoms with Gasteiger partial charge in [-0.2, -0.15) is 0 Å². The van der Waals surface area contributed by atoms with E-state index in [0.29, 0.717) is 11.6 Å². The van der Waals surface area contributed by atoms with E-state index in [9.17, 15) is 4.39 Å². The molecule has 2 aromatic rings. The summed E-state index contributed by atoms with van der Waals surface area (Å²) in [6, 6.07) is 11.3. The first kappa shape index (κ1) is 14.4. The number of halogens is 2. The van der Waals surface area contributed by atoms with Crippen molar-refractivity contribution in [2.75, 3.05) is 7.05 Å². The van der Waals surface area contributed by atoms with E-state index in [-0.39, 0.29) is 11.6 Å². The summed E-state index contributed by atoms with van der Waals surface area (Å²) in [6.45, 7) is 0.269. The maximum absolute atomic E-state index is 13.4. The van der Waals surface area contributed by atoms with E-state index in [0.717, 1.165) is 18.6 Å². The number of hydrogen-bond acceptors (Lipinski definition) is 2. The smallest absolute Gasteiger partial charge is 0.142 e. The molecule has 1 unspecified atom stereocenters. The van der Waals surface area contributed by atoms with Crippen LogP contribution in [0.15, 0.2) is 36.4 Å². The van der Waals surface area contributed by atoms with Gasteiger partial charge in [-0.1, -0.05) is 29.8 Å². The van der Waals surface area contributed by atoms with Crippen LogP contribution in [0.4, 0.5) is 4.39 Å². The van der Waals surface area contributed by atoms with Crippen LogP contribution in [0.25, 0.3) is 0 Å². The first-order valence-corrected chi connectivity index (χ1v) is 7.42. The third-order valence-electron chi connectivity index (χ3n) is 3.97. The maximum atomic E-state index is 13.4. The van der Waals surface area contributed by atoms with Crippen LogP contribution >= 0.6 is 11.6 Å². The molecule has 3 rings (SSSR count). The predicted octanol–water partition coefficient (Wildman–Crippen LogP) is 4.26. The number of aryl methyl sites for hydroxylation is 1. The van der Waals surface area contributed by atoms with E-state index >= 15 is 0 Å². The fraction of sp³-hybridized carbons (Fsp3) is 0.294. The average Bonchev–Trinajstić information content (AvgIpc) is 2.91. The zero-order valence-electron chi connectivity index (χ0n) is 11.8. The van der Waals surface area contributed by atoms with Crippen molar-refractivity contribution in [1.82, 2.24) is 5.32 Å². The first-order chi connectivity index (χ1) is 10.2. The van der Waals surface area contributed by atoms with Crippen molar-refractivity contribution >= 4 is 11.6 Å². The lowest BCUT2D eigenvalue weighted by atomic mass is 10.1. The topological polar surface area (TPSA) is 21.3 Å². The normalized spacial score (nSPS) is 16.8. The Morgan fingerprint density at radius 3 is 3.00 bits per heavy atom. The van der Waals surface area contributed by atoms with Crippen molar-refractivity contribution in [3.63, 3.8) is 0 Å². The fourth-order valence-corrected chi connectivity index (χ4v) is 2.99. The van der Waals surface area contributed by atoms with E-state index in [2.05, 4.69) is 17.4 Å². The Balaban J connectivity index is 1.73. The molecule has 0 heterocycles. The molecule has 110 valence electrons. The number of rotatable bonds is 4. The summed E-state index contributed by atoms with van der Waals surface area (Å²) in [5.74, 6) is 0.384. The third kappa shape index (κ3) is 2.89. The Morgan fingerprint density at radius 1 is 1.33 bits per heavy atom. The summed E-state index contributed by atoms with van der Waals surface area (Å²) < 4.78 is 19.1. The molecule has 2 nitrogen and oxygen atoms in total. The highest BCUT2D eigenvalue weighted by Crippen LogP contribution is 2.33. The van der Waals surface area contributed by atoms with E-state index < -0.39 is 5.82 Å². The number of ether oxygens (including phenoxy) is 1. The molecule has 0 saturated carbocycles.